The second-order valence-electron chi connectivity index (χ2n) is 9.78. The Morgan fingerprint density at radius 1 is 0.868 bits per heavy atom. The molecule has 0 aromatic heterocycles. The maximum absolute atomic E-state index is 13.1. The zero-order chi connectivity index (χ0) is 27.5. The molecule has 2 aromatic rings. The third kappa shape index (κ3) is 7.25. The van der Waals surface area contributed by atoms with Crippen molar-refractivity contribution in [1.29, 1.82) is 0 Å². The topological polar surface area (TPSA) is 56.4 Å². The zero-order valence-electron chi connectivity index (χ0n) is 20.4. The molecule has 4 rings (SSSR count). The number of urea groups is 1. The number of rotatable bonds is 5. The van der Waals surface area contributed by atoms with Gasteiger partial charge in [0.1, 0.15) is 0 Å². The molecule has 1 aliphatic heterocycles. The van der Waals surface area contributed by atoms with E-state index in [9.17, 15) is 31.1 Å². The Hall–Kier alpha value is -2.66. The van der Waals surface area contributed by atoms with Crippen molar-refractivity contribution >= 4 is 29.0 Å². The fourth-order valence-corrected chi connectivity index (χ4v) is 5.40. The number of nitrogens with zero attached hydrogens (tertiary/aromatic N) is 1. The minimum absolute atomic E-state index is 0.0148. The Kier molecular flexibility index (Phi) is 8.66. The zero-order valence-corrected chi connectivity index (χ0v) is 21.2. The molecule has 1 heterocycles. The normalized spacial score (nSPS) is 22.7. The molecule has 0 unspecified atom stereocenters. The van der Waals surface area contributed by atoms with Gasteiger partial charge in [0.15, 0.2) is 0 Å². The van der Waals surface area contributed by atoms with Crippen LogP contribution in [-0.4, -0.2) is 37.2 Å². The number of amides is 2. The number of hydrogen-bond acceptors (Lipinski definition) is 3. The summed E-state index contributed by atoms with van der Waals surface area (Å²) < 4.78 is 78.1. The Morgan fingerprint density at radius 3 is 2.21 bits per heavy atom. The monoisotopic (exact) mass is 562 g/mol. The summed E-state index contributed by atoms with van der Waals surface area (Å²) in [6.45, 7) is 1.35. The van der Waals surface area contributed by atoms with Crippen LogP contribution in [0.1, 0.15) is 49.7 Å². The highest BCUT2D eigenvalue weighted by atomic mass is 35.5. The Bertz CT molecular complexity index is 1110. The number of halogens is 7. The first-order valence-corrected chi connectivity index (χ1v) is 12.9. The quantitative estimate of drug-likeness (QED) is 0.342. The molecule has 38 heavy (non-hydrogen) atoms. The summed E-state index contributed by atoms with van der Waals surface area (Å²) in [7, 11) is 0. The lowest BCUT2D eigenvalue weighted by Gasteiger charge is -2.40. The summed E-state index contributed by atoms with van der Waals surface area (Å²) in [6, 6.07) is 7.57. The van der Waals surface area contributed by atoms with E-state index >= 15 is 0 Å². The molecule has 1 aliphatic carbocycles. The van der Waals surface area contributed by atoms with Gasteiger partial charge in [0, 0.05) is 42.6 Å². The van der Waals surface area contributed by atoms with E-state index < -0.39 is 34.5 Å². The van der Waals surface area contributed by atoms with Crippen LogP contribution in [0.4, 0.5) is 42.5 Å². The third-order valence-corrected chi connectivity index (χ3v) is 7.37. The van der Waals surface area contributed by atoms with Crippen molar-refractivity contribution in [1.82, 2.24) is 10.6 Å². The van der Waals surface area contributed by atoms with E-state index in [0.29, 0.717) is 6.54 Å². The molecular formula is C26H29ClF6N4O. The second-order valence-corrected chi connectivity index (χ2v) is 10.2. The summed E-state index contributed by atoms with van der Waals surface area (Å²) in [5.74, 6) is 0. The van der Waals surface area contributed by atoms with Crippen molar-refractivity contribution in [2.75, 3.05) is 23.3 Å². The lowest BCUT2D eigenvalue weighted by Crippen LogP contribution is -2.57. The largest absolute Gasteiger partial charge is 0.417 e. The van der Waals surface area contributed by atoms with Crippen molar-refractivity contribution in [2.45, 2.75) is 69.0 Å². The number of piperidine rings is 1. The van der Waals surface area contributed by atoms with Crippen molar-refractivity contribution < 1.29 is 31.1 Å². The fourth-order valence-electron chi connectivity index (χ4n) is 5.17. The highest BCUT2D eigenvalue weighted by molar-refractivity contribution is 6.31. The van der Waals surface area contributed by atoms with E-state index in [-0.39, 0.29) is 23.8 Å². The number of hydrogen-bond donors (Lipinski definition) is 3. The Morgan fingerprint density at radius 2 is 1.55 bits per heavy atom. The van der Waals surface area contributed by atoms with Crippen LogP contribution < -0.4 is 20.9 Å². The predicted molar refractivity (Wildman–Crippen MR) is 134 cm³/mol. The van der Waals surface area contributed by atoms with Gasteiger partial charge in [-0.25, -0.2) is 4.79 Å². The van der Waals surface area contributed by atoms with Crippen LogP contribution in [-0.2, 0) is 12.4 Å². The highest BCUT2D eigenvalue weighted by Crippen LogP contribution is 2.36. The van der Waals surface area contributed by atoms with Gasteiger partial charge in [0.25, 0.3) is 0 Å². The van der Waals surface area contributed by atoms with Crippen molar-refractivity contribution in [3.8, 4) is 0 Å². The molecule has 1 saturated carbocycles. The first kappa shape index (κ1) is 28.4. The van der Waals surface area contributed by atoms with Crippen molar-refractivity contribution in [2.24, 2.45) is 0 Å². The molecule has 12 heteroatoms. The summed E-state index contributed by atoms with van der Waals surface area (Å²) in [6.07, 6.45) is -3.86. The molecule has 3 N–H and O–H groups in total. The van der Waals surface area contributed by atoms with Crippen LogP contribution in [0.15, 0.2) is 42.5 Å². The van der Waals surface area contributed by atoms with Gasteiger partial charge in [-0.2, -0.15) is 26.3 Å². The third-order valence-electron chi connectivity index (χ3n) is 7.04. The molecule has 0 spiro atoms. The van der Waals surface area contributed by atoms with E-state index in [2.05, 4.69) is 20.9 Å². The molecule has 2 aromatic carbocycles. The van der Waals surface area contributed by atoms with E-state index in [0.717, 1.165) is 75.0 Å². The summed E-state index contributed by atoms with van der Waals surface area (Å²) in [5.41, 5.74) is -0.998. The molecule has 2 amide bonds. The lowest BCUT2D eigenvalue weighted by atomic mass is 9.89. The molecule has 1 saturated heterocycles. The van der Waals surface area contributed by atoms with E-state index in [4.69, 9.17) is 11.6 Å². The van der Waals surface area contributed by atoms with Crippen molar-refractivity contribution in [3.63, 3.8) is 0 Å². The summed E-state index contributed by atoms with van der Waals surface area (Å²) in [5, 5.41) is 8.54. The second kappa shape index (κ2) is 11.6. The first-order valence-electron chi connectivity index (χ1n) is 12.5. The van der Waals surface area contributed by atoms with Crippen LogP contribution in [0.3, 0.4) is 0 Å². The van der Waals surface area contributed by atoms with Gasteiger partial charge in [0.2, 0.25) is 0 Å². The van der Waals surface area contributed by atoms with Gasteiger partial charge in [-0.1, -0.05) is 24.4 Å². The maximum Gasteiger partial charge on any atom is 0.417 e. The number of nitrogens with one attached hydrogen (secondary N) is 3. The Labute approximate surface area is 221 Å². The molecular weight excluding hydrogens is 534 g/mol. The number of benzene rings is 2. The molecule has 0 radical (unpaired) electrons. The summed E-state index contributed by atoms with van der Waals surface area (Å²) >= 11 is 5.65. The van der Waals surface area contributed by atoms with Gasteiger partial charge in [-0.3, -0.25) is 0 Å². The molecule has 2 fully saturated rings. The van der Waals surface area contributed by atoms with E-state index in [1.807, 2.05) is 0 Å². The number of anilines is 2. The molecule has 2 aliphatic rings. The standard InChI is InChI=1S/C26H29ClF6N4O/c27-21-12-9-17(14-20(21)26(31,32)33)35-24(38)36-23-6-2-1-5-22(23)34-18-4-3-13-37(15-18)19-10-7-16(8-11-19)25(28,29)30/h7-12,14,18,22-23,34H,1-6,13,15H2,(H2,35,36,38)/t18-,22+,23+/m0/s1. The highest BCUT2D eigenvalue weighted by Gasteiger charge is 2.34. The van der Waals surface area contributed by atoms with Crippen LogP contribution in [0.2, 0.25) is 5.02 Å². The number of alkyl halides is 6. The van der Waals surface area contributed by atoms with Gasteiger partial charge in [0.05, 0.1) is 16.1 Å². The van der Waals surface area contributed by atoms with Crippen LogP contribution in [0.25, 0.3) is 0 Å². The molecule has 0 bridgehead atoms. The van der Waals surface area contributed by atoms with Crippen LogP contribution in [0.5, 0.6) is 0 Å². The average molecular weight is 563 g/mol. The Balaban J connectivity index is 1.35. The SMILES string of the molecule is O=C(Nc1ccc(Cl)c(C(F)(F)F)c1)N[C@@H]1CCCC[C@H]1N[C@H]1CCCN(c2ccc(C(F)(F)F)cc2)C1. The van der Waals surface area contributed by atoms with Gasteiger partial charge in [-0.15, -0.1) is 0 Å². The number of carbonyl (C=O) groups excluding carboxylic acids is 1. The first-order chi connectivity index (χ1) is 17.9. The van der Waals surface area contributed by atoms with Gasteiger partial charge >= 0.3 is 18.4 Å². The number of carbonyl (C=O) groups is 1. The molecule has 5 nitrogen and oxygen atoms in total. The van der Waals surface area contributed by atoms with Crippen molar-refractivity contribution in [3.05, 3.63) is 58.6 Å². The predicted octanol–water partition coefficient (Wildman–Crippen LogP) is 7.07. The van der Waals surface area contributed by atoms with E-state index in [1.165, 1.54) is 18.2 Å². The smallest absolute Gasteiger partial charge is 0.370 e. The fraction of sp³-hybridized carbons (Fsp3) is 0.500. The van der Waals surface area contributed by atoms with Crippen LogP contribution in [0, 0.1) is 0 Å². The van der Waals surface area contributed by atoms with Gasteiger partial charge < -0.3 is 20.9 Å². The molecule has 208 valence electrons. The average Bonchev–Trinajstić information content (AvgIpc) is 2.85. The minimum Gasteiger partial charge on any atom is -0.370 e. The van der Waals surface area contributed by atoms with Crippen LogP contribution >= 0.6 is 11.6 Å². The lowest BCUT2D eigenvalue weighted by molar-refractivity contribution is -0.138. The van der Waals surface area contributed by atoms with Gasteiger partial charge in [-0.05, 0) is 68.1 Å². The maximum atomic E-state index is 13.1. The minimum atomic E-state index is -4.64. The van der Waals surface area contributed by atoms with E-state index in [1.54, 1.807) is 0 Å². The summed E-state index contributed by atoms with van der Waals surface area (Å²) in [4.78, 5) is 14.7. The molecule has 3 atom stereocenters.